The number of anilines is 1. The molecule has 2 aromatic carbocycles. The third-order valence-electron chi connectivity index (χ3n) is 5.08. The van der Waals surface area contributed by atoms with Crippen LogP contribution in [0.4, 0.5) is 5.69 Å². The van der Waals surface area contributed by atoms with Gasteiger partial charge in [0.1, 0.15) is 16.2 Å². The third kappa shape index (κ3) is 5.58. The van der Waals surface area contributed by atoms with Crippen molar-refractivity contribution in [3.8, 4) is 10.4 Å². The first-order valence-corrected chi connectivity index (χ1v) is 12.3. The van der Waals surface area contributed by atoms with Crippen molar-refractivity contribution < 1.29 is 9.59 Å². The zero-order valence-corrected chi connectivity index (χ0v) is 20.3. The molecular formula is C25H24N4O2S2. The number of aryl methyl sites for hydroxylation is 3. The summed E-state index contributed by atoms with van der Waals surface area (Å²) in [5, 5.41) is 7.27. The number of nitrogens with one attached hydrogen (secondary N) is 2. The molecule has 8 heteroatoms. The summed E-state index contributed by atoms with van der Waals surface area (Å²) in [6.45, 7) is 5.86. The van der Waals surface area contributed by atoms with Crippen molar-refractivity contribution in [3.05, 3.63) is 71.5 Å². The highest BCUT2D eigenvalue weighted by Gasteiger charge is 2.13. The molecule has 0 atom stereocenters. The predicted molar refractivity (Wildman–Crippen MR) is 136 cm³/mol. The largest absolute Gasteiger partial charge is 0.346 e. The highest BCUT2D eigenvalue weighted by Crippen LogP contribution is 2.36. The molecular weight excluding hydrogens is 452 g/mol. The van der Waals surface area contributed by atoms with Gasteiger partial charge in [-0.3, -0.25) is 9.59 Å². The molecule has 6 nitrogen and oxygen atoms in total. The van der Waals surface area contributed by atoms with Crippen LogP contribution >= 0.6 is 23.1 Å². The normalized spacial score (nSPS) is 10.9. The summed E-state index contributed by atoms with van der Waals surface area (Å²) in [6, 6.07) is 16.2. The van der Waals surface area contributed by atoms with Gasteiger partial charge in [0.05, 0.1) is 12.3 Å². The first-order chi connectivity index (χ1) is 15.9. The number of hydrogen-bond acceptors (Lipinski definition) is 6. The highest BCUT2D eigenvalue weighted by molar-refractivity contribution is 8.00. The molecule has 0 radical (unpaired) electrons. The first kappa shape index (κ1) is 22.9. The van der Waals surface area contributed by atoms with Gasteiger partial charge in [0.2, 0.25) is 11.8 Å². The zero-order valence-electron chi connectivity index (χ0n) is 18.6. The molecule has 4 rings (SSSR count). The van der Waals surface area contributed by atoms with Crippen molar-refractivity contribution in [2.24, 2.45) is 0 Å². The lowest BCUT2D eigenvalue weighted by Crippen LogP contribution is -2.34. The van der Waals surface area contributed by atoms with Crippen molar-refractivity contribution in [2.75, 3.05) is 17.6 Å². The smallest absolute Gasteiger partial charge is 0.243 e. The Morgan fingerprint density at radius 1 is 0.970 bits per heavy atom. The van der Waals surface area contributed by atoms with Gasteiger partial charge in [0, 0.05) is 16.0 Å². The Labute approximate surface area is 200 Å². The standard InChI is InChI=1S/C25H24N4O2S2/c1-15-9-16(2)23(17(3)10-15)29-21(30)12-26-22(31)13-32-24-19-11-20(18-7-5-4-6-8-18)33-25(19)28-14-27-24/h4-11,14H,12-13H2,1-3H3,(H,26,31)(H,29,30). The van der Waals surface area contributed by atoms with E-state index in [0.717, 1.165) is 48.1 Å². The number of fused-ring (bicyclic) bond motifs is 1. The minimum absolute atomic E-state index is 0.0814. The predicted octanol–water partition coefficient (Wildman–Crippen LogP) is 5.13. The van der Waals surface area contributed by atoms with Crippen LogP contribution in [-0.2, 0) is 9.59 Å². The number of carbonyl (C=O) groups excluding carboxylic acids is 2. The van der Waals surface area contributed by atoms with E-state index >= 15 is 0 Å². The molecule has 33 heavy (non-hydrogen) atoms. The molecule has 2 heterocycles. The third-order valence-corrected chi connectivity index (χ3v) is 7.18. The maximum Gasteiger partial charge on any atom is 0.243 e. The summed E-state index contributed by atoms with van der Waals surface area (Å²) in [5.41, 5.74) is 5.07. The fourth-order valence-electron chi connectivity index (χ4n) is 3.62. The van der Waals surface area contributed by atoms with E-state index in [1.807, 2.05) is 51.1 Å². The van der Waals surface area contributed by atoms with Gasteiger partial charge in [-0.15, -0.1) is 11.3 Å². The number of aromatic nitrogens is 2. The molecule has 0 spiro atoms. The second kappa shape index (κ2) is 10.1. The average molecular weight is 477 g/mol. The van der Waals surface area contributed by atoms with Crippen LogP contribution in [0.2, 0.25) is 0 Å². The van der Waals surface area contributed by atoms with Crippen LogP contribution < -0.4 is 10.6 Å². The van der Waals surface area contributed by atoms with Gasteiger partial charge in [-0.05, 0) is 43.5 Å². The van der Waals surface area contributed by atoms with Crippen molar-refractivity contribution in [2.45, 2.75) is 25.8 Å². The van der Waals surface area contributed by atoms with E-state index in [1.54, 1.807) is 11.3 Å². The molecule has 0 aliphatic carbocycles. The molecule has 2 amide bonds. The van der Waals surface area contributed by atoms with Crippen LogP contribution in [0.1, 0.15) is 16.7 Å². The molecule has 2 N–H and O–H groups in total. The number of benzene rings is 2. The molecule has 0 saturated heterocycles. The van der Waals surface area contributed by atoms with Crippen molar-refractivity contribution >= 4 is 50.8 Å². The molecule has 0 saturated carbocycles. The average Bonchev–Trinajstić information content (AvgIpc) is 3.24. The molecule has 4 aromatic rings. The Morgan fingerprint density at radius 2 is 1.70 bits per heavy atom. The Kier molecular flexibility index (Phi) is 7.05. The number of rotatable bonds is 7. The van der Waals surface area contributed by atoms with Crippen LogP contribution in [0.5, 0.6) is 0 Å². The van der Waals surface area contributed by atoms with Crippen LogP contribution in [0.15, 0.2) is 59.9 Å². The molecule has 0 fully saturated rings. The van der Waals surface area contributed by atoms with Crippen LogP contribution in [0.25, 0.3) is 20.7 Å². The Morgan fingerprint density at radius 3 is 2.42 bits per heavy atom. The Balaban J connectivity index is 1.34. The monoisotopic (exact) mass is 476 g/mol. The minimum atomic E-state index is -0.252. The van der Waals surface area contributed by atoms with Crippen LogP contribution in [0.3, 0.4) is 0 Å². The lowest BCUT2D eigenvalue weighted by atomic mass is 10.1. The Hall–Kier alpha value is -3.23. The van der Waals surface area contributed by atoms with E-state index in [0.29, 0.717) is 0 Å². The van der Waals surface area contributed by atoms with E-state index in [1.165, 1.54) is 18.1 Å². The SMILES string of the molecule is Cc1cc(C)c(NC(=O)CNC(=O)CSc2ncnc3sc(-c4ccccc4)cc23)c(C)c1. The van der Waals surface area contributed by atoms with E-state index in [2.05, 4.69) is 38.8 Å². The van der Waals surface area contributed by atoms with Gasteiger partial charge in [-0.25, -0.2) is 9.97 Å². The number of amides is 2. The number of thioether (sulfide) groups is 1. The van der Waals surface area contributed by atoms with E-state index < -0.39 is 0 Å². The van der Waals surface area contributed by atoms with Gasteiger partial charge in [0.25, 0.3) is 0 Å². The quantitative estimate of drug-likeness (QED) is 0.285. The zero-order chi connectivity index (χ0) is 23.4. The minimum Gasteiger partial charge on any atom is -0.346 e. The van der Waals surface area contributed by atoms with Crippen LogP contribution in [0, 0.1) is 20.8 Å². The van der Waals surface area contributed by atoms with Gasteiger partial charge in [-0.2, -0.15) is 0 Å². The summed E-state index contributed by atoms with van der Waals surface area (Å²) in [6.07, 6.45) is 1.52. The number of nitrogens with zero attached hydrogens (tertiary/aromatic N) is 2. The molecule has 0 unspecified atom stereocenters. The van der Waals surface area contributed by atoms with Crippen molar-refractivity contribution in [1.29, 1.82) is 0 Å². The van der Waals surface area contributed by atoms with Gasteiger partial charge in [0.15, 0.2) is 0 Å². The van der Waals surface area contributed by atoms with Gasteiger partial charge < -0.3 is 10.6 Å². The molecule has 0 bridgehead atoms. The van der Waals surface area contributed by atoms with E-state index in [9.17, 15) is 9.59 Å². The van der Waals surface area contributed by atoms with E-state index in [-0.39, 0.29) is 24.1 Å². The number of thiophene rings is 1. The molecule has 2 aromatic heterocycles. The fraction of sp³-hybridized carbons (Fsp3) is 0.200. The summed E-state index contributed by atoms with van der Waals surface area (Å²) in [7, 11) is 0. The first-order valence-electron chi connectivity index (χ1n) is 10.5. The summed E-state index contributed by atoms with van der Waals surface area (Å²) in [5.74, 6) is -0.311. The second-order valence-corrected chi connectivity index (χ2v) is 9.76. The highest BCUT2D eigenvalue weighted by atomic mass is 32.2. The maximum absolute atomic E-state index is 12.4. The number of hydrogen-bond donors (Lipinski definition) is 2. The number of carbonyl (C=O) groups is 2. The van der Waals surface area contributed by atoms with Gasteiger partial charge >= 0.3 is 0 Å². The lowest BCUT2D eigenvalue weighted by molar-refractivity contribution is -0.122. The summed E-state index contributed by atoms with van der Waals surface area (Å²) in [4.78, 5) is 35.4. The van der Waals surface area contributed by atoms with Crippen LogP contribution in [-0.4, -0.2) is 34.1 Å². The Bertz CT molecular complexity index is 1300. The molecule has 0 aliphatic rings. The molecule has 0 aliphatic heterocycles. The maximum atomic E-state index is 12.4. The summed E-state index contributed by atoms with van der Waals surface area (Å²) >= 11 is 2.94. The van der Waals surface area contributed by atoms with E-state index in [4.69, 9.17) is 0 Å². The van der Waals surface area contributed by atoms with Gasteiger partial charge in [-0.1, -0.05) is 59.8 Å². The topological polar surface area (TPSA) is 84.0 Å². The van der Waals surface area contributed by atoms with Crippen molar-refractivity contribution in [1.82, 2.24) is 15.3 Å². The summed E-state index contributed by atoms with van der Waals surface area (Å²) < 4.78 is 0. The second-order valence-electron chi connectivity index (χ2n) is 7.76. The lowest BCUT2D eigenvalue weighted by Gasteiger charge is -2.13. The molecule has 168 valence electrons. The fourth-order valence-corrected chi connectivity index (χ4v) is 5.49. The van der Waals surface area contributed by atoms with Crippen molar-refractivity contribution in [3.63, 3.8) is 0 Å².